The van der Waals surface area contributed by atoms with Crippen LogP contribution in [0.3, 0.4) is 0 Å². The standard InChI is InChI=1S/C6H9BN2/c8-7(9)6-4-2-1-3-5-6/h1-5H,8-9H2. The molecular weight excluding hydrogens is 111 g/mol. The van der Waals surface area contributed by atoms with Gasteiger partial charge in [0.1, 0.15) is 0 Å². The van der Waals surface area contributed by atoms with Crippen LogP contribution in [0.15, 0.2) is 30.3 Å². The molecule has 0 aliphatic rings. The largest absolute Gasteiger partial charge is 0.352 e. The summed E-state index contributed by atoms with van der Waals surface area (Å²) in [6.07, 6.45) is 0. The Kier molecular flexibility index (Phi) is 1.87. The van der Waals surface area contributed by atoms with E-state index in [1.807, 2.05) is 30.3 Å². The predicted octanol–water partition coefficient (Wildman–Crippen LogP) is -0.701. The van der Waals surface area contributed by atoms with E-state index in [0.717, 1.165) is 5.46 Å². The monoisotopic (exact) mass is 120 g/mol. The van der Waals surface area contributed by atoms with Crippen molar-refractivity contribution in [2.24, 2.45) is 11.3 Å². The van der Waals surface area contributed by atoms with Gasteiger partial charge in [-0.2, -0.15) is 0 Å². The minimum atomic E-state index is -0.341. The third-order valence-corrected chi connectivity index (χ3v) is 1.18. The van der Waals surface area contributed by atoms with Crippen LogP contribution >= 0.6 is 0 Å². The molecule has 0 bridgehead atoms. The molecule has 1 aromatic carbocycles. The summed E-state index contributed by atoms with van der Waals surface area (Å²) in [6.45, 7) is -0.341. The lowest BCUT2D eigenvalue weighted by molar-refractivity contribution is 1.64. The summed E-state index contributed by atoms with van der Waals surface area (Å²) in [4.78, 5) is 0. The van der Waals surface area contributed by atoms with Crippen LogP contribution < -0.4 is 16.8 Å². The Labute approximate surface area is 55.0 Å². The summed E-state index contributed by atoms with van der Waals surface area (Å²) in [6, 6.07) is 9.59. The highest BCUT2D eigenvalue weighted by Crippen LogP contribution is 1.79. The quantitative estimate of drug-likeness (QED) is 0.481. The van der Waals surface area contributed by atoms with Crippen LogP contribution in [0.2, 0.25) is 0 Å². The van der Waals surface area contributed by atoms with Gasteiger partial charge in [-0.05, 0) is 5.46 Å². The first-order valence-electron chi connectivity index (χ1n) is 2.87. The van der Waals surface area contributed by atoms with Crippen molar-refractivity contribution in [3.63, 3.8) is 0 Å². The number of hydrogen-bond acceptors (Lipinski definition) is 2. The highest BCUT2D eigenvalue weighted by molar-refractivity contribution is 6.67. The lowest BCUT2D eigenvalue weighted by Gasteiger charge is -1.97. The summed E-state index contributed by atoms with van der Waals surface area (Å²) >= 11 is 0. The van der Waals surface area contributed by atoms with Crippen LogP contribution in [0.5, 0.6) is 0 Å². The average molecular weight is 120 g/mol. The molecule has 0 aliphatic carbocycles. The van der Waals surface area contributed by atoms with Crippen LogP contribution in [0.4, 0.5) is 0 Å². The van der Waals surface area contributed by atoms with Crippen molar-refractivity contribution in [2.75, 3.05) is 0 Å². The van der Waals surface area contributed by atoms with Gasteiger partial charge in [-0.15, -0.1) is 0 Å². The highest BCUT2D eigenvalue weighted by Gasteiger charge is 2.01. The highest BCUT2D eigenvalue weighted by atomic mass is 14.6. The van der Waals surface area contributed by atoms with Crippen LogP contribution in [0, 0.1) is 0 Å². The zero-order valence-electron chi connectivity index (χ0n) is 5.12. The minimum Gasteiger partial charge on any atom is -0.352 e. The van der Waals surface area contributed by atoms with E-state index in [9.17, 15) is 0 Å². The third kappa shape index (κ3) is 1.55. The van der Waals surface area contributed by atoms with Crippen LogP contribution in [-0.2, 0) is 0 Å². The third-order valence-electron chi connectivity index (χ3n) is 1.18. The molecule has 0 amide bonds. The topological polar surface area (TPSA) is 52.0 Å². The van der Waals surface area contributed by atoms with Crippen LogP contribution in [-0.4, -0.2) is 6.98 Å². The Morgan fingerprint density at radius 3 is 1.89 bits per heavy atom. The van der Waals surface area contributed by atoms with E-state index < -0.39 is 0 Å². The van der Waals surface area contributed by atoms with E-state index in [4.69, 9.17) is 11.3 Å². The number of rotatable bonds is 1. The van der Waals surface area contributed by atoms with Crippen molar-refractivity contribution in [3.8, 4) is 0 Å². The number of hydrogen-bond donors (Lipinski definition) is 2. The molecule has 0 saturated heterocycles. The van der Waals surface area contributed by atoms with E-state index in [-0.39, 0.29) is 6.98 Å². The second-order valence-corrected chi connectivity index (χ2v) is 1.94. The first-order chi connectivity index (χ1) is 4.30. The molecule has 0 fully saturated rings. The fourth-order valence-electron chi connectivity index (χ4n) is 0.675. The van der Waals surface area contributed by atoms with E-state index in [0.29, 0.717) is 0 Å². The molecule has 0 aliphatic heterocycles. The van der Waals surface area contributed by atoms with E-state index in [2.05, 4.69) is 0 Å². The Hall–Kier alpha value is -0.795. The lowest BCUT2D eigenvalue weighted by Crippen LogP contribution is -2.48. The lowest BCUT2D eigenvalue weighted by atomic mass is 9.72. The van der Waals surface area contributed by atoms with Crippen molar-refractivity contribution in [1.82, 2.24) is 0 Å². The summed E-state index contributed by atoms with van der Waals surface area (Å²) < 4.78 is 0. The van der Waals surface area contributed by atoms with Gasteiger partial charge in [0.2, 0.25) is 0 Å². The van der Waals surface area contributed by atoms with Crippen molar-refractivity contribution in [2.45, 2.75) is 0 Å². The maximum Gasteiger partial charge on any atom is 0.335 e. The van der Waals surface area contributed by atoms with Gasteiger partial charge in [-0.3, -0.25) is 0 Å². The Morgan fingerprint density at radius 2 is 1.56 bits per heavy atom. The molecule has 46 valence electrons. The molecule has 3 heteroatoms. The molecule has 1 aromatic rings. The smallest absolute Gasteiger partial charge is 0.335 e. The summed E-state index contributed by atoms with van der Waals surface area (Å²) in [5.41, 5.74) is 11.8. The van der Waals surface area contributed by atoms with E-state index in [1.54, 1.807) is 0 Å². The van der Waals surface area contributed by atoms with Crippen LogP contribution in [0.25, 0.3) is 0 Å². The molecular formula is C6H9BN2. The molecule has 2 nitrogen and oxygen atoms in total. The van der Waals surface area contributed by atoms with E-state index in [1.165, 1.54) is 0 Å². The molecule has 0 spiro atoms. The second-order valence-electron chi connectivity index (χ2n) is 1.94. The van der Waals surface area contributed by atoms with Gasteiger partial charge in [-0.1, -0.05) is 30.3 Å². The Morgan fingerprint density at radius 1 is 1.00 bits per heavy atom. The summed E-state index contributed by atoms with van der Waals surface area (Å²) in [5, 5.41) is 0. The summed E-state index contributed by atoms with van der Waals surface area (Å²) in [7, 11) is 0. The van der Waals surface area contributed by atoms with Gasteiger partial charge < -0.3 is 11.3 Å². The first-order valence-corrected chi connectivity index (χ1v) is 2.87. The molecule has 1 rings (SSSR count). The van der Waals surface area contributed by atoms with Gasteiger partial charge in [0.25, 0.3) is 0 Å². The maximum atomic E-state index is 5.39. The van der Waals surface area contributed by atoms with Gasteiger partial charge in [0, 0.05) is 0 Å². The molecule has 0 unspecified atom stereocenters. The van der Waals surface area contributed by atoms with Gasteiger partial charge in [0.15, 0.2) is 0 Å². The molecule has 4 N–H and O–H groups in total. The number of benzene rings is 1. The second kappa shape index (κ2) is 2.66. The maximum absolute atomic E-state index is 5.39. The van der Waals surface area contributed by atoms with Crippen molar-refractivity contribution >= 4 is 12.4 Å². The van der Waals surface area contributed by atoms with Crippen molar-refractivity contribution < 1.29 is 0 Å². The summed E-state index contributed by atoms with van der Waals surface area (Å²) in [5.74, 6) is 0. The van der Waals surface area contributed by atoms with Gasteiger partial charge in [-0.25, -0.2) is 0 Å². The molecule has 0 heterocycles. The first kappa shape index (κ1) is 6.33. The molecule has 0 aromatic heterocycles. The zero-order valence-corrected chi connectivity index (χ0v) is 5.12. The fourth-order valence-corrected chi connectivity index (χ4v) is 0.675. The molecule has 0 atom stereocenters. The average Bonchev–Trinajstić information content (AvgIpc) is 1.90. The SMILES string of the molecule is NB(N)c1ccccc1. The van der Waals surface area contributed by atoms with Gasteiger partial charge in [0.05, 0.1) is 0 Å². The van der Waals surface area contributed by atoms with Gasteiger partial charge >= 0.3 is 6.98 Å². The molecule has 0 saturated carbocycles. The predicted molar refractivity (Wildman–Crippen MR) is 40.2 cm³/mol. The van der Waals surface area contributed by atoms with Crippen molar-refractivity contribution in [3.05, 3.63) is 30.3 Å². The minimum absolute atomic E-state index is 0.341. The molecule has 9 heavy (non-hydrogen) atoms. The normalized spacial score (nSPS) is 9.11. The Bertz CT molecular complexity index is 174. The zero-order chi connectivity index (χ0) is 6.69. The Balaban J connectivity index is 2.85. The fraction of sp³-hybridized carbons (Fsp3) is 0. The number of nitrogens with two attached hydrogens (primary N) is 2. The van der Waals surface area contributed by atoms with Crippen LogP contribution in [0.1, 0.15) is 0 Å². The molecule has 0 radical (unpaired) electrons. The van der Waals surface area contributed by atoms with E-state index >= 15 is 0 Å². The van der Waals surface area contributed by atoms with Crippen molar-refractivity contribution in [1.29, 1.82) is 0 Å².